The first-order valence-corrected chi connectivity index (χ1v) is 12.0. The van der Waals surface area contributed by atoms with E-state index >= 15 is 0 Å². The minimum atomic E-state index is -0.379. The van der Waals surface area contributed by atoms with Gasteiger partial charge in [0.2, 0.25) is 5.91 Å². The number of ether oxygens (including phenoxy) is 1. The van der Waals surface area contributed by atoms with Crippen LogP contribution < -0.4 is 0 Å². The molecular weight excluding hydrogens is 428 g/mol. The van der Waals surface area contributed by atoms with Gasteiger partial charge in [0, 0.05) is 36.7 Å². The number of hydrogen-bond donors (Lipinski definition) is 0. The molecule has 0 aliphatic carbocycles. The fraction of sp³-hybridized carbons (Fsp3) is 0.393. The zero-order valence-electron chi connectivity index (χ0n) is 20.2. The lowest BCUT2D eigenvalue weighted by Crippen LogP contribution is -2.38. The van der Waals surface area contributed by atoms with Crippen molar-refractivity contribution in [1.29, 1.82) is 0 Å². The van der Waals surface area contributed by atoms with Crippen LogP contribution in [0, 0.1) is 6.92 Å². The molecule has 1 atom stereocenters. The Morgan fingerprint density at radius 3 is 2.38 bits per heavy atom. The third-order valence-electron chi connectivity index (χ3n) is 6.70. The first-order chi connectivity index (χ1) is 16.4. The van der Waals surface area contributed by atoms with E-state index < -0.39 is 0 Å². The number of carbonyl (C=O) groups excluding carboxylic acids is 3. The Morgan fingerprint density at radius 1 is 1.03 bits per heavy atom. The maximum absolute atomic E-state index is 13.2. The van der Waals surface area contributed by atoms with Crippen LogP contribution in [0.25, 0.3) is 0 Å². The van der Waals surface area contributed by atoms with Crippen molar-refractivity contribution in [2.75, 3.05) is 19.7 Å². The summed E-state index contributed by atoms with van der Waals surface area (Å²) in [6.07, 6.45) is 2.32. The van der Waals surface area contributed by atoms with Crippen molar-refractivity contribution in [2.24, 2.45) is 0 Å². The van der Waals surface area contributed by atoms with Gasteiger partial charge in [-0.15, -0.1) is 0 Å². The number of nitrogens with zero attached hydrogens (tertiary/aromatic N) is 2. The van der Waals surface area contributed by atoms with E-state index in [1.54, 1.807) is 11.8 Å². The number of aryl methyl sites for hydroxylation is 1. The second-order valence-electron chi connectivity index (χ2n) is 9.07. The van der Waals surface area contributed by atoms with E-state index in [9.17, 15) is 14.4 Å². The van der Waals surface area contributed by atoms with Gasteiger partial charge in [0.25, 0.3) is 5.91 Å². The lowest BCUT2D eigenvalue weighted by molar-refractivity contribution is -0.140. The molecule has 0 aromatic heterocycles. The zero-order valence-corrected chi connectivity index (χ0v) is 20.2. The number of allylic oxidation sites excluding steroid dienone is 1. The van der Waals surface area contributed by atoms with Crippen molar-refractivity contribution >= 4 is 17.8 Å². The predicted octanol–water partition coefficient (Wildman–Crippen LogP) is 4.58. The topological polar surface area (TPSA) is 66.9 Å². The molecule has 0 N–H and O–H groups in total. The summed E-state index contributed by atoms with van der Waals surface area (Å²) in [5, 5.41) is 0. The van der Waals surface area contributed by atoms with E-state index in [4.69, 9.17) is 4.74 Å². The number of benzene rings is 2. The Hall–Kier alpha value is -3.41. The number of esters is 1. The number of amides is 2. The maximum atomic E-state index is 13.2. The van der Waals surface area contributed by atoms with Gasteiger partial charge < -0.3 is 14.5 Å². The Bertz CT molecular complexity index is 1110. The summed E-state index contributed by atoms with van der Waals surface area (Å²) >= 11 is 0. The van der Waals surface area contributed by atoms with Crippen LogP contribution in [-0.2, 0) is 20.9 Å². The highest BCUT2D eigenvalue weighted by Gasteiger charge is 2.37. The normalized spacial score (nSPS) is 18.4. The third-order valence-corrected chi connectivity index (χ3v) is 6.70. The Balaban J connectivity index is 1.60. The molecule has 2 heterocycles. The third kappa shape index (κ3) is 4.91. The molecule has 1 fully saturated rings. The molecule has 6 nitrogen and oxygen atoms in total. The van der Waals surface area contributed by atoms with Crippen LogP contribution in [0.2, 0.25) is 0 Å². The van der Waals surface area contributed by atoms with Crippen LogP contribution in [0.3, 0.4) is 0 Å². The maximum Gasteiger partial charge on any atom is 0.336 e. The molecule has 34 heavy (non-hydrogen) atoms. The molecular formula is C28H32N2O4. The van der Waals surface area contributed by atoms with Crippen molar-refractivity contribution in [3.63, 3.8) is 0 Å². The SMILES string of the molecule is CCOC(=O)C1=C(C)N(Cc2ccc(C(=O)N3CCCC3)cc2)C(=O)CC1c1cccc(C)c1. The van der Waals surface area contributed by atoms with Gasteiger partial charge in [0.1, 0.15) is 0 Å². The molecule has 0 spiro atoms. The summed E-state index contributed by atoms with van der Waals surface area (Å²) in [5.41, 5.74) is 4.75. The van der Waals surface area contributed by atoms with Crippen LogP contribution in [0.5, 0.6) is 0 Å². The lowest BCUT2D eigenvalue weighted by atomic mass is 9.83. The summed E-state index contributed by atoms with van der Waals surface area (Å²) in [6, 6.07) is 15.4. The largest absolute Gasteiger partial charge is 0.463 e. The minimum Gasteiger partial charge on any atom is -0.463 e. The summed E-state index contributed by atoms with van der Waals surface area (Å²) < 4.78 is 5.38. The van der Waals surface area contributed by atoms with E-state index in [-0.39, 0.29) is 36.7 Å². The molecule has 6 heteroatoms. The van der Waals surface area contributed by atoms with Crippen molar-refractivity contribution in [1.82, 2.24) is 9.80 Å². The second-order valence-corrected chi connectivity index (χ2v) is 9.07. The molecule has 1 saturated heterocycles. The molecule has 2 aromatic carbocycles. The molecule has 2 aromatic rings. The molecule has 2 amide bonds. The lowest BCUT2D eigenvalue weighted by Gasteiger charge is -2.34. The summed E-state index contributed by atoms with van der Waals surface area (Å²) in [6.45, 7) is 7.84. The van der Waals surface area contributed by atoms with Gasteiger partial charge in [-0.25, -0.2) is 4.79 Å². The Kier molecular flexibility index (Phi) is 7.15. The highest BCUT2D eigenvalue weighted by Crippen LogP contribution is 2.38. The molecule has 1 unspecified atom stereocenters. The van der Waals surface area contributed by atoms with Gasteiger partial charge in [-0.1, -0.05) is 42.0 Å². The van der Waals surface area contributed by atoms with Gasteiger partial charge in [-0.3, -0.25) is 9.59 Å². The van der Waals surface area contributed by atoms with E-state index in [0.29, 0.717) is 23.4 Å². The number of hydrogen-bond acceptors (Lipinski definition) is 4. The highest BCUT2D eigenvalue weighted by molar-refractivity contribution is 5.96. The predicted molar refractivity (Wildman–Crippen MR) is 130 cm³/mol. The first kappa shape index (κ1) is 23.7. The van der Waals surface area contributed by atoms with E-state index in [2.05, 4.69) is 0 Å². The van der Waals surface area contributed by atoms with Crippen LogP contribution in [0.15, 0.2) is 59.8 Å². The van der Waals surface area contributed by atoms with Crippen LogP contribution in [-0.4, -0.2) is 47.3 Å². The molecule has 2 aliphatic heterocycles. The fourth-order valence-corrected chi connectivity index (χ4v) is 4.89. The van der Waals surface area contributed by atoms with E-state index in [1.807, 2.05) is 67.3 Å². The quantitative estimate of drug-likeness (QED) is 0.592. The smallest absolute Gasteiger partial charge is 0.336 e. The Labute approximate surface area is 201 Å². The standard InChI is InChI=1S/C28H32N2O4/c1-4-34-28(33)26-20(3)30(25(31)17-24(26)23-9-7-8-19(2)16-23)18-21-10-12-22(13-11-21)27(32)29-14-5-6-15-29/h7-13,16,24H,4-6,14-15,17-18H2,1-3H3. The van der Waals surface area contributed by atoms with Gasteiger partial charge in [0.05, 0.1) is 18.7 Å². The fourth-order valence-electron chi connectivity index (χ4n) is 4.89. The second kappa shape index (κ2) is 10.2. The first-order valence-electron chi connectivity index (χ1n) is 12.0. The van der Waals surface area contributed by atoms with Crippen molar-refractivity contribution in [2.45, 2.75) is 52.5 Å². The number of likely N-dealkylation sites (tertiary alicyclic amines) is 1. The molecule has 0 saturated carbocycles. The molecule has 0 radical (unpaired) electrons. The highest BCUT2D eigenvalue weighted by atomic mass is 16.5. The van der Waals surface area contributed by atoms with Crippen molar-refractivity contribution in [3.05, 3.63) is 82.1 Å². The molecule has 2 aliphatic rings. The molecule has 0 bridgehead atoms. The van der Waals surface area contributed by atoms with Crippen LogP contribution in [0.4, 0.5) is 0 Å². The monoisotopic (exact) mass is 460 g/mol. The summed E-state index contributed by atoms with van der Waals surface area (Å²) in [4.78, 5) is 42.4. The average Bonchev–Trinajstić information content (AvgIpc) is 3.36. The van der Waals surface area contributed by atoms with Crippen LogP contribution >= 0.6 is 0 Å². The van der Waals surface area contributed by atoms with Crippen molar-refractivity contribution in [3.8, 4) is 0 Å². The average molecular weight is 461 g/mol. The van der Waals surface area contributed by atoms with Gasteiger partial charge in [-0.2, -0.15) is 0 Å². The molecule has 4 rings (SSSR count). The minimum absolute atomic E-state index is 0.0331. The van der Waals surface area contributed by atoms with E-state index in [0.717, 1.165) is 42.6 Å². The van der Waals surface area contributed by atoms with Crippen LogP contribution in [0.1, 0.15) is 66.1 Å². The van der Waals surface area contributed by atoms with Gasteiger partial charge in [0.15, 0.2) is 0 Å². The van der Waals surface area contributed by atoms with Gasteiger partial charge >= 0.3 is 5.97 Å². The molecule has 178 valence electrons. The zero-order chi connectivity index (χ0) is 24.2. The Morgan fingerprint density at radius 2 is 1.74 bits per heavy atom. The number of carbonyl (C=O) groups is 3. The summed E-state index contributed by atoms with van der Waals surface area (Å²) in [7, 11) is 0. The number of rotatable bonds is 6. The van der Waals surface area contributed by atoms with Gasteiger partial charge in [-0.05, 0) is 56.9 Å². The summed E-state index contributed by atoms with van der Waals surface area (Å²) in [5.74, 6) is -0.687. The van der Waals surface area contributed by atoms with E-state index in [1.165, 1.54) is 0 Å². The van der Waals surface area contributed by atoms with Crippen molar-refractivity contribution < 1.29 is 19.1 Å².